The van der Waals surface area contributed by atoms with Crippen molar-refractivity contribution in [2.75, 3.05) is 0 Å². The first-order chi connectivity index (χ1) is 9.47. The normalized spacial score (nSPS) is 11.6. The maximum Gasteiger partial charge on any atom is 0.332 e. The predicted octanol–water partition coefficient (Wildman–Crippen LogP) is -0.636. The van der Waals surface area contributed by atoms with Crippen LogP contribution in [-0.2, 0) is 20.5 Å². The van der Waals surface area contributed by atoms with E-state index in [-0.39, 0.29) is 11.0 Å². The van der Waals surface area contributed by atoms with Gasteiger partial charge in [0.05, 0.1) is 5.39 Å². The number of aryl methyl sites for hydroxylation is 2. The Bertz CT molecular complexity index is 1020. The number of hydrogen-bond acceptors (Lipinski definition) is 4. The van der Waals surface area contributed by atoms with Crippen LogP contribution in [-0.4, -0.2) is 24.3 Å². The van der Waals surface area contributed by atoms with Crippen LogP contribution in [0.25, 0.3) is 22.1 Å². The summed E-state index contributed by atoms with van der Waals surface area (Å²) in [6.07, 6.45) is 0.594. The molecule has 0 saturated heterocycles. The summed E-state index contributed by atoms with van der Waals surface area (Å²) in [5, 5.41) is 7.13. The summed E-state index contributed by atoms with van der Waals surface area (Å²) in [4.78, 5) is 39.5. The molecule has 0 aliphatic heterocycles. The van der Waals surface area contributed by atoms with Crippen molar-refractivity contribution in [3.8, 4) is 0 Å². The van der Waals surface area contributed by atoms with Gasteiger partial charge in [0.1, 0.15) is 11.0 Å². The summed E-state index contributed by atoms with van der Waals surface area (Å²) in [5.41, 5.74) is -0.305. The van der Waals surface area contributed by atoms with E-state index in [4.69, 9.17) is 0 Å². The number of hydrogen-bond donors (Lipinski definition) is 2. The molecule has 0 spiro atoms. The van der Waals surface area contributed by atoms with Crippen LogP contribution < -0.4 is 16.7 Å². The minimum Gasteiger partial charge on any atom is -0.323 e. The second kappa shape index (κ2) is 3.92. The van der Waals surface area contributed by atoms with Crippen molar-refractivity contribution in [3.63, 3.8) is 0 Å². The minimum absolute atomic E-state index is 0.0294. The first kappa shape index (κ1) is 12.4. The zero-order chi connectivity index (χ0) is 14.6. The molecular formula is C12H13N5O3. The van der Waals surface area contributed by atoms with Crippen LogP contribution in [0.1, 0.15) is 12.6 Å². The third-order valence-corrected chi connectivity index (χ3v) is 3.55. The molecule has 0 unspecified atom stereocenters. The Morgan fingerprint density at radius 1 is 1.10 bits per heavy atom. The van der Waals surface area contributed by atoms with E-state index in [2.05, 4.69) is 15.2 Å². The number of fused-ring (bicyclic) bond motifs is 2. The Morgan fingerprint density at radius 3 is 2.45 bits per heavy atom. The number of aromatic amines is 2. The molecule has 3 aromatic rings. The standard InChI is InChI=1S/C12H13N5O3/c1-4-5-6-8(18)7-10(13-9(6)15-14-5)16(2)12(20)17(3)11(7)19/h4H2,1-3H3,(H2,13,14,15,18). The van der Waals surface area contributed by atoms with Gasteiger partial charge in [0.15, 0.2) is 5.65 Å². The predicted molar refractivity (Wildman–Crippen MR) is 74.1 cm³/mol. The first-order valence-corrected chi connectivity index (χ1v) is 6.16. The SMILES string of the molecule is CCc1[nH]nc2[nH]c3c(c(=O)c12)c(=O)n(C)c(=O)n3C. The van der Waals surface area contributed by atoms with Gasteiger partial charge in [0.25, 0.3) is 5.56 Å². The number of rotatable bonds is 1. The van der Waals surface area contributed by atoms with Gasteiger partial charge in [-0.25, -0.2) is 4.79 Å². The van der Waals surface area contributed by atoms with E-state index in [0.717, 1.165) is 4.57 Å². The summed E-state index contributed by atoms with van der Waals surface area (Å²) in [5.74, 6) is 0. The van der Waals surface area contributed by atoms with Crippen LogP contribution in [0.3, 0.4) is 0 Å². The van der Waals surface area contributed by atoms with E-state index in [1.165, 1.54) is 18.7 Å². The van der Waals surface area contributed by atoms with Gasteiger partial charge >= 0.3 is 5.69 Å². The van der Waals surface area contributed by atoms with Crippen molar-refractivity contribution in [2.24, 2.45) is 14.1 Å². The van der Waals surface area contributed by atoms with Crippen LogP contribution in [0, 0.1) is 0 Å². The highest BCUT2D eigenvalue weighted by atomic mass is 16.2. The van der Waals surface area contributed by atoms with Crippen molar-refractivity contribution in [1.82, 2.24) is 24.3 Å². The fourth-order valence-electron chi connectivity index (χ4n) is 2.40. The van der Waals surface area contributed by atoms with E-state index in [1.807, 2.05) is 6.92 Å². The molecule has 3 rings (SSSR count). The van der Waals surface area contributed by atoms with E-state index >= 15 is 0 Å². The van der Waals surface area contributed by atoms with E-state index in [9.17, 15) is 14.4 Å². The smallest absolute Gasteiger partial charge is 0.323 e. The van der Waals surface area contributed by atoms with Crippen LogP contribution in [0.15, 0.2) is 14.4 Å². The molecular weight excluding hydrogens is 262 g/mol. The lowest BCUT2D eigenvalue weighted by atomic mass is 10.2. The van der Waals surface area contributed by atoms with Gasteiger partial charge in [-0.3, -0.25) is 23.8 Å². The molecule has 0 aliphatic rings. The molecule has 0 bridgehead atoms. The molecule has 0 fully saturated rings. The summed E-state index contributed by atoms with van der Waals surface area (Å²) in [6.45, 7) is 1.88. The molecule has 8 nitrogen and oxygen atoms in total. The van der Waals surface area contributed by atoms with Gasteiger partial charge in [-0.1, -0.05) is 6.92 Å². The number of H-pyrrole nitrogens is 2. The van der Waals surface area contributed by atoms with Crippen molar-refractivity contribution in [3.05, 3.63) is 36.8 Å². The topological polar surface area (TPSA) is 106 Å². The van der Waals surface area contributed by atoms with Crippen LogP contribution in [0.2, 0.25) is 0 Å². The van der Waals surface area contributed by atoms with Crippen molar-refractivity contribution < 1.29 is 0 Å². The Morgan fingerprint density at radius 2 is 1.80 bits per heavy atom. The zero-order valence-electron chi connectivity index (χ0n) is 11.3. The summed E-state index contributed by atoms with van der Waals surface area (Å²) >= 11 is 0. The average Bonchev–Trinajstić information content (AvgIpc) is 2.86. The quantitative estimate of drug-likeness (QED) is 0.616. The second-order valence-electron chi connectivity index (χ2n) is 4.66. The Labute approximate surface area is 111 Å². The molecule has 0 amide bonds. The molecule has 3 heterocycles. The highest BCUT2D eigenvalue weighted by Gasteiger charge is 2.17. The highest BCUT2D eigenvalue weighted by Crippen LogP contribution is 2.12. The molecule has 104 valence electrons. The minimum atomic E-state index is -0.602. The van der Waals surface area contributed by atoms with Gasteiger partial charge in [0.2, 0.25) is 5.43 Å². The van der Waals surface area contributed by atoms with Crippen molar-refractivity contribution in [2.45, 2.75) is 13.3 Å². The molecule has 0 atom stereocenters. The van der Waals surface area contributed by atoms with Crippen LogP contribution in [0.5, 0.6) is 0 Å². The molecule has 2 N–H and O–H groups in total. The Balaban J connectivity index is 2.74. The molecule has 8 heteroatoms. The average molecular weight is 275 g/mol. The Hall–Kier alpha value is -2.64. The molecule has 0 aromatic carbocycles. The summed E-state index contributed by atoms with van der Waals surface area (Å²) in [6, 6.07) is 0. The number of nitrogens with zero attached hydrogens (tertiary/aromatic N) is 3. The lowest BCUT2D eigenvalue weighted by molar-refractivity contribution is 0.708. The summed E-state index contributed by atoms with van der Waals surface area (Å²) in [7, 11) is 2.85. The second-order valence-corrected chi connectivity index (χ2v) is 4.66. The fourth-order valence-corrected chi connectivity index (χ4v) is 2.40. The maximum absolute atomic E-state index is 12.6. The van der Waals surface area contributed by atoms with Gasteiger partial charge in [-0.15, -0.1) is 0 Å². The fraction of sp³-hybridized carbons (Fsp3) is 0.333. The van der Waals surface area contributed by atoms with Gasteiger partial charge in [0, 0.05) is 19.8 Å². The molecule has 20 heavy (non-hydrogen) atoms. The Kier molecular flexibility index (Phi) is 2.43. The van der Waals surface area contributed by atoms with Gasteiger partial charge in [-0.05, 0) is 6.42 Å². The lowest BCUT2D eigenvalue weighted by Crippen LogP contribution is -2.39. The van der Waals surface area contributed by atoms with Gasteiger partial charge < -0.3 is 4.98 Å². The number of pyridine rings is 1. The third-order valence-electron chi connectivity index (χ3n) is 3.55. The number of aromatic nitrogens is 5. The maximum atomic E-state index is 12.6. The number of nitrogens with one attached hydrogen (secondary N) is 2. The molecule has 3 aromatic heterocycles. The highest BCUT2D eigenvalue weighted by molar-refractivity contribution is 5.90. The van der Waals surface area contributed by atoms with E-state index in [1.54, 1.807) is 0 Å². The van der Waals surface area contributed by atoms with Crippen molar-refractivity contribution >= 4 is 22.1 Å². The lowest BCUT2D eigenvalue weighted by Gasteiger charge is -2.06. The van der Waals surface area contributed by atoms with E-state index in [0.29, 0.717) is 23.1 Å². The molecule has 0 aliphatic carbocycles. The third kappa shape index (κ3) is 1.35. The van der Waals surface area contributed by atoms with Crippen LogP contribution >= 0.6 is 0 Å². The largest absolute Gasteiger partial charge is 0.332 e. The van der Waals surface area contributed by atoms with Gasteiger partial charge in [-0.2, -0.15) is 5.10 Å². The molecule has 0 saturated carbocycles. The van der Waals surface area contributed by atoms with E-state index < -0.39 is 16.7 Å². The zero-order valence-corrected chi connectivity index (χ0v) is 11.3. The first-order valence-electron chi connectivity index (χ1n) is 6.16. The monoisotopic (exact) mass is 275 g/mol. The van der Waals surface area contributed by atoms with Crippen LogP contribution in [0.4, 0.5) is 0 Å². The summed E-state index contributed by atoms with van der Waals surface area (Å²) < 4.78 is 2.16. The van der Waals surface area contributed by atoms with Crippen molar-refractivity contribution in [1.29, 1.82) is 0 Å². The molecule has 0 radical (unpaired) electrons.